The summed E-state index contributed by atoms with van der Waals surface area (Å²) in [7, 11) is 3.14. The van der Waals surface area contributed by atoms with Gasteiger partial charge in [0.15, 0.2) is 11.5 Å². The van der Waals surface area contributed by atoms with Gasteiger partial charge in [0.1, 0.15) is 0 Å². The van der Waals surface area contributed by atoms with Gasteiger partial charge in [-0.25, -0.2) is 5.43 Å². The number of hydrogen-bond donors (Lipinski definition) is 1. The number of carbonyl (C=O) groups is 1. The molecule has 0 saturated carbocycles. The first kappa shape index (κ1) is 16.5. The first-order chi connectivity index (χ1) is 11.1. The predicted molar refractivity (Wildman–Crippen MR) is 90.0 cm³/mol. The number of carbonyl (C=O) groups excluding carboxylic acids is 1. The fourth-order valence-corrected chi connectivity index (χ4v) is 2.11. The summed E-state index contributed by atoms with van der Waals surface area (Å²) in [4.78, 5) is 12.0. The largest absolute Gasteiger partial charge is 0.493 e. The fourth-order valence-electron chi connectivity index (χ4n) is 2.11. The summed E-state index contributed by atoms with van der Waals surface area (Å²) in [6.07, 6.45) is 0.214. The number of methoxy groups -OCH3 is 2. The van der Waals surface area contributed by atoms with E-state index < -0.39 is 0 Å². The number of hydrogen-bond acceptors (Lipinski definition) is 4. The molecule has 0 aromatic heterocycles. The van der Waals surface area contributed by atoms with Gasteiger partial charge in [0.2, 0.25) is 5.91 Å². The van der Waals surface area contributed by atoms with Crippen molar-refractivity contribution in [3.05, 3.63) is 59.7 Å². The minimum absolute atomic E-state index is 0.187. The van der Waals surface area contributed by atoms with Crippen LogP contribution in [0.4, 0.5) is 0 Å². The molecule has 0 aliphatic rings. The number of benzene rings is 2. The van der Waals surface area contributed by atoms with E-state index in [2.05, 4.69) is 10.5 Å². The molecule has 0 aliphatic heterocycles. The normalized spacial score (nSPS) is 11.0. The summed E-state index contributed by atoms with van der Waals surface area (Å²) in [5.74, 6) is 1.05. The molecule has 2 rings (SSSR count). The van der Waals surface area contributed by atoms with Crippen molar-refractivity contribution in [3.8, 4) is 11.5 Å². The average molecular weight is 312 g/mol. The van der Waals surface area contributed by atoms with Gasteiger partial charge >= 0.3 is 0 Å². The number of nitrogens with one attached hydrogen (secondary N) is 1. The molecule has 0 spiro atoms. The van der Waals surface area contributed by atoms with E-state index in [-0.39, 0.29) is 12.3 Å². The zero-order valence-electron chi connectivity index (χ0n) is 13.5. The molecular weight excluding hydrogens is 292 g/mol. The van der Waals surface area contributed by atoms with Crippen LogP contribution < -0.4 is 14.9 Å². The van der Waals surface area contributed by atoms with Crippen LogP contribution in [-0.2, 0) is 11.2 Å². The molecule has 1 N–H and O–H groups in total. The second kappa shape index (κ2) is 7.98. The van der Waals surface area contributed by atoms with Crippen LogP contribution in [0.2, 0.25) is 0 Å². The van der Waals surface area contributed by atoms with Crippen molar-refractivity contribution in [2.45, 2.75) is 13.3 Å². The van der Waals surface area contributed by atoms with Gasteiger partial charge in [0.05, 0.1) is 26.4 Å². The second-order valence-corrected chi connectivity index (χ2v) is 4.96. The number of amides is 1. The number of hydrazone groups is 1. The van der Waals surface area contributed by atoms with Crippen LogP contribution in [0, 0.1) is 0 Å². The standard InChI is InChI=1S/C18H20N2O3/c1-13(15-7-5-4-6-8-15)19-20-18(21)12-14-9-10-16(22-2)17(11-14)23-3/h4-11H,12H2,1-3H3,(H,20,21)/b19-13-. The van der Waals surface area contributed by atoms with Crippen molar-refractivity contribution in [1.29, 1.82) is 0 Å². The molecule has 0 atom stereocenters. The lowest BCUT2D eigenvalue weighted by Crippen LogP contribution is -2.21. The van der Waals surface area contributed by atoms with E-state index >= 15 is 0 Å². The number of ether oxygens (including phenoxy) is 2. The van der Waals surface area contributed by atoms with Crippen LogP contribution in [0.25, 0.3) is 0 Å². The molecule has 0 aliphatic carbocycles. The van der Waals surface area contributed by atoms with Crippen molar-refractivity contribution in [2.75, 3.05) is 14.2 Å². The third kappa shape index (κ3) is 4.57. The Hall–Kier alpha value is -2.82. The van der Waals surface area contributed by atoms with Crippen molar-refractivity contribution in [1.82, 2.24) is 5.43 Å². The fraction of sp³-hybridized carbons (Fsp3) is 0.222. The SMILES string of the molecule is COc1ccc(CC(=O)N/N=C(/C)c2ccccc2)cc1OC. The molecule has 2 aromatic rings. The van der Waals surface area contributed by atoms with Crippen molar-refractivity contribution in [3.63, 3.8) is 0 Å². The van der Waals surface area contributed by atoms with Crippen LogP contribution in [0.5, 0.6) is 11.5 Å². The summed E-state index contributed by atoms with van der Waals surface area (Å²) in [6, 6.07) is 15.1. The summed E-state index contributed by atoms with van der Waals surface area (Å²) in [5, 5.41) is 4.13. The van der Waals surface area contributed by atoms with E-state index in [1.54, 1.807) is 26.4 Å². The average Bonchev–Trinajstić information content (AvgIpc) is 2.60. The zero-order valence-corrected chi connectivity index (χ0v) is 13.5. The van der Waals surface area contributed by atoms with E-state index in [0.717, 1.165) is 16.8 Å². The van der Waals surface area contributed by atoms with Gasteiger partial charge < -0.3 is 9.47 Å². The molecule has 0 heterocycles. The molecule has 23 heavy (non-hydrogen) atoms. The summed E-state index contributed by atoms with van der Waals surface area (Å²) in [5.41, 5.74) is 5.13. The molecule has 5 heteroatoms. The van der Waals surface area contributed by atoms with Gasteiger partial charge in [0, 0.05) is 0 Å². The Morgan fingerprint density at radius 2 is 1.74 bits per heavy atom. The predicted octanol–water partition coefficient (Wildman–Crippen LogP) is 2.79. The van der Waals surface area contributed by atoms with Crippen molar-refractivity contribution in [2.24, 2.45) is 5.10 Å². The first-order valence-corrected chi connectivity index (χ1v) is 7.23. The summed E-state index contributed by atoms with van der Waals surface area (Å²) >= 11 is 0. The number of rotatable bonds is 6. The summed E-state index contributed by atoms with van der Waals surface area (Å²) < 4.78 is 10.4. The Morgan fingerprint density at radius 3 is 2.39 bits per heavy atom. The maximum Gasteiger partial charge on any atom is 0.244 e. The van der Waals surface area contributed by atoms with Crippen LogP contribution in [0.3, 0.4) is 0 Å². The van der Waals surface area contributed by atoms with Crippen molar-refractivity contribution < 1.29 is 14.3 Å². The Kier molecular flexibility index (Phi) is 5.74. The molecule has 0 saturated heterocycles. The van der Waals surface area contributed by atoms with Crippen LogP contribution in [0.1, 0.15) is 18.1 Å². The second-order valence-electron chi connectivity index (χ2n) is 4.96. The molecule has 0 fully saturated rings. The van der Waals surface area contributed by atoms with E-state index in [4.69, 9.17) is 9.47 Å². The van der Waals surface area contributed by atoms with E-state index in [1.165, 1.54) is 0 Å². The van der Waals surface area contributed by atoms with Gasteiger partial charge in [0.25, 0.3) is 0 Å². The van der Waals surface area contributed by atoms with Gasteiger partial charge in [-0.1, -0.05) is 36.4 Å². The highest BCUT2D eigenvalue weighted by molar-refractivity contribution is 5.99. The molecule has 0 bridgehead atoms. The van der Waals surface area contributed by atoms with Gasteiger partial charge in [-0.15, -0.1) is 0 Å². The van der Waals surface area contributed by atoms with E-state index in [0.29, 0.717) is 11.5 Å². The Morgan fingerprint density at radius 1 is 1.04 bits per heavy atom. The molecule has 120 valence electrons. The van der Waals surface area contributed by atoms with Gasteiger partial charge in [-0.05, 0) is 30.2 Å². The van der Waals surface area contributed by atoms with E-state index in [1.807, 2.05) is 43.3 Å². The molecule has 0 radical (unpaired) electrons. The molecular formula is C18H20N2O3. The Labute approximate surface area is 135 Å². The maximum absolute atomic E-state index is 12.0. The maximum atomic E-state index is 12.0. The third-order valence-electron chi connectivity index (χ3n) is 3.35. The topological polar surface area (TPSA) is 59.9 Å². The monoisotopic (exact) mass is 312 g/mol. The number of nitrogens with zero attached hydrogens (tertiary/aromatic N) is 1. The van der Waals surface area contributed by atoms with E-state index in [9.17, 15) is 4.79 Å². The van der Waals surface area contributed by atoms with Crippen LogP contribution >= 0.6 is 0 Å². The molecule has 2 aromatic carbocycles. The van der Waals surface area contributed by atoms with Crippen LogP contribution in [0.15, 0.2) is 53.6 Å². The highest BCUT2D eigenvalue weighted by Crippen LogP contribution is 2.27. The molecule has 0 unspecified atom stereocenters. The van der Waals surface area contributed by atoms with Gasteiger partial charge in [-0.2, -0.15) is 5.10 Å². The lowest BCUT2D eigenvalue weighted by Gasteiger charge is -2.09. The quantitative estimate of drug-likeness (QED) is 0.659. The minimum atomic E-state index is -0.187. The molecule has 5 nitrogen and oxygen atoms in total. The molecule has 1 amide bonds. The highest BCUT2D eigenvalue weighted by Gasteiger charge is 2.08. The Balaban J connectivity index is 2.00. The van der Waals surface area contributed by atoms with Crippen LogP contribution in [-0.4, -0.2) is 25.8 Å². The van der Waals surface area contributed by atoms with Crippen molar-refractivity contribution >= 4 is 11.6 Å². The highest BCUT2D eigenvalue weighted by atomic mass is 16.5. The Bertz CT molecular complexity index is 697. The first-order valence-electron chi connectivity index (χ1n) is 7.23. The third-order valence-corrected chi connectivity index (χ3v) is 3.35. The minimum Gasteiger partial charge on any atom is -0.493 e. The zero-order chi connectivity index (χ0) is 16.7. The smallest absolute Gasteiger partial charge is 0.244 e. The van der Waals surface area contributed by atoms with Gasteiger partial charge in [-0.3, -0.25) is 4.79 Å². The lowest BCUT2D eigenvalue weighted by molar-refractivity contribution is -0.120. The summed E-state index contributed by atoms with van der Waals surface area (Å²) in [6.45, 7) is 1.85. The lowest BCUT2D eigenvalue weighted by atomic mass is 10.1.